The minimum atomic E-state index is -0.600. The van der Waals surface area contributed by atoms with Crippen LogP contribution in [0.4, 0.5) is 0 Å². The van der Waals surface area contributed by atoms with Crippen molar-refractivity contribution >= 4 is 11.8 Å². The molecule has 0 saturated heterocycles. The molecule has 8 heteroatoms. The SMILES string of the molecule is CCNC(=O)[C@@H](NC(=O)c1cncc(-n2ccnn2)c1)C(C)C. The molecule has 0 saturated carbocycles. The first-order valence-electron chi connectivity index (χ1n) is 7.43. The molecule has 0 bridgehead atoms. The van der Waals surface area contributed by atoms with Gasteiger partial charge in [-0.3, -0.25) is 14.6 Å². The fraction of sp³-hybridized carbons (Fsp3) is 0.400. The van der Waals surface area contributed by atoms with Crippen LogP contribution in [-0.2, 0) is 4.79 Å². The van der Waals surface area contributed by atoms with Crippen molar-refractivity contribution in [1.29, 1.82) is 0 Å². The lowest BCUT2D eigenvalue weighted by Crippen LogP contribution is -2.49. The fourth-order valence-corrected chi connectivity index (χ4v) is 2.07. The molecule has 8 nitrogen and oxygen atoms in total. The van der Waals surface area contributed by atoms with E-state index in [-0.39, 0.29) is 17.7 Å². The molecule has 2 aromatic rings. The Morgan fingerprint density at radius 3 is 2.70 bits per heavy atom. The molecule has 0 aromatic carbocycles. The summed E-state index contributed by atoms with van der Waals surface area (Å²) in [5.41, 5.74) is 0.974. The number of likely N-dealkylation sites (N-methyl/N-ethyl adjacent to an activating group) is 1. The molecule has 0 fully saturated rings. The first-order chi connectivity index (χ1) is 11.0. The molecule has 2 aromatic heterocycles. The number of nitrogens with zero attached hydrogens (tertiary/aromatic N) is 4. The minimum absolute atomic E-state index is 0.0306. The summed E-state index contributed by atoms with van der Waals surface area (Å²) in [5.74, 6) is -0.586. The standard InChI is InChI=1S/C15H20N6O2/c1-4-17-15(23)13(10(2)3)19-14(22)11-7-12(9-16-8-11)21-6-5-18-20-21/h5-10,13H,4H2,1-3H3,(H,17,23)(H,19,22)/t13-/m0/s1. The van der Waals surface area contributed by atoms with Crippen molar-refractivity contribution in [2.75, 3.05) is 6.54 Å². The lowest BCUT2D eigenvalue weighted by Gasteiger charge is -2.21. The summed E-state index contributed by atoms with van der Waals surface area (Å²) < 4.78 is 1.51. The molecular weight excluding hydrogens is 296 g/mol. The van der Waals surface area contributed by atoms with E-state index in [1.165, 1.54) is 17.1 Å². The van der Waals surface area contributed by atoms with Gasteiger partial charge in [0.2, 0.25) is 5.91 Å². The Balaban J connectivity index is 2.16. The van der Waals surface area contributed by atoms with Gasteiger partial charge in [-0.1, -0.05) is 19.1 Å². The molecule has 0 aliphatic heterocycles. The van der Waals surface area contributed by atoms with Crippen LogP contribution in [0, 0.1) is 5.92 Å². The summed E-state index contributed by atoms with van der Waals surface area (Å²) in [6, 6.07) is 1.05. The topological polar surface area (TPSA) is 102 Å². The fourth-order valence-electron chi connectivity index (χ4n) is 2.07. The van der Waals surface area contributed by atoms with Gasteiger partial charge >= 0.3 is 0 Å². The maximum absolute atomic E-state index is 12.4. The van der Waals surface area contributed by atoms with Gasteiger partial charge in [0.15, 0.2) is 0 Å². The van der Waals surface area contributed by atoms with Crippen LogP contribution in [-0.4, -0.2) is 44.4 Å². The van der Waals surface area contributed by atoms with Gasteiger partial charge in [-0.2, -0.15) is 0 Å². The predicted octanol–water partition coefficient (Wildman–Crippen LogP) is 0.553. The number of carbonyl (C=O) groups is 2. The number of rotatable bonds is 6. The monoisotopic (exact) mass is 316 g/mol. The molecule has 2 heterocycles. The van der Waals surface area contributed by atoms with Gasteiger partial charge < -0.3 is 10.6 Å². The number of hydrogen-bond acceptors (Lipinski definition) is 5. The highest BCUT2D eigenvalue weighted by molar-refractivity contribution is 5.97. The van der Waals surface area contributed by atoms with E-state index in [0.717, 1.165) is 0 Å². The number of amides is 2. The van der Waals surface area contributed by atoms with E-state index in [1.807, 2.05) is 20.8 Å². The quantitative estimate of drug-likeness (QED) is 0.810. The highest BCUT2D eigenvalue weighted by atomic mass is 16.2. The summed E-state index contributed by atoms with van der Waals surface area (Å²) in [6.45, 7) is 6.11. The van der Waals surface area contributed by atoms with Crippen molar-refractivity contribution in [2.45, 2.75) is 26.8 Å². The Morgan fingerprint density at radius 2 is 2.09 bits per heavy atom. The highest BCUT2D eigenvalue weighted by Gasteiger charge is 2.24. The number of carbonyl (C=O) groups excluding carboxylic acids is 2. The van der Waals surface area contributed by atoms with Gasteiger partial charge in [0.05, 0.1) is 29.8 Å². The van der Waals surface area contributed by atoms with Crippen LogP contribution < -0.4 is 10.6 Å². The van der Waals surface area contributed by atoms with Gasteiger partial charge in [-0.15, -0.1) is 5.10 Å². The van der Waals surface area contributed by atoms with E-state index in [1.54, 1.807) is 18.5 Å². The molecule has 0 aliphatic rings. The average molecular weight is 316 g/mol. The van der Waals surface area contributed by atoms with Gasteiger partial charge in [-0.05, 0) is 18.9 Å². The molecular formula is C15H20N6O2. The Hall–Kier alpha value is -2.77. The van der Waals surface area contributed by atoms with Crippen molar-refractivity contribution in [3.63, 3.8) is 0 Å². The van der Waals surface area contributed by atoms with Crippen molar-refractivity contribution in [3.05, 3.63) is 36.4 Å². The van der Waals surface area contributed by atoms with Crippen molar-refractivity contribution in [3.8, 4) is 5.69 Å². The first kappa shape index (κ1) is 16.6. The van der Waals surface area contributed by atoms with Gasteiger partial charge in [-0.25, -0.2) is 4.68 Å². The van der Waals surface area contributed by atoms with Crippen LogP contribution in [0.2, 0.25) is 0 Å². The number of nitrogens with one attached hydrogen (secondary N) is 2. The van der Waals surface area contributed by atoms with E-state index in [0.29, 0.717) is 17.8 Å². The van der Waals surface area contributed by atoms with Gasteiger partial charge in [0.1, 0.15) is 6.04 Å². The smallest absolute Gasteiger partial charge is 0.253 e. The molecule has 1 atom stereocenters. The van der Waals surface area contributed by atoms with Crippen molar-refractivity contribution in [2.24, 2.45) is 5.92 Å². The maximum atomic E-state index is 12.4. The van der Waals surface area contributed by atoms with E-state index < -0.39 is 6.04 Å². The van der Waals surface area contributed by atoms with E-state index in [9.17, 15) is 9.59 Å². The molecule has 2 rings (SSSR count). The number of hydrogen-bond donors (Lipinski definition) is 2. The van der Waals surface area contributed by atoms with Crippen LogP contribution in [0.1, 0.15) is 31.1 Å². The Morgan fingerprint density at radius 1 is 1.30 bits per heavy atom. The zero-order valence-corrected chi connectivity index (χ0v) is 13.4. The summed E-state index contributed by atoms with van der Waals surface area (Å²) in [6.07, 6.45) is 6.22. The molecule has 0 spiro atoms. The lowest BCUT2D eigenvalue weighted by molar-refractivity contribution is -0.123. The zero-order valence-electron chi connectivity index (χ0n) is 13.4. The second kappa shape index (κ2) is 7.48. The Labute approximate surface area is 134 Å². The summed E-state index contributed by atoms with van der Waals surface area (Å²) in [5, 5.41) is 13.1. The summed E-state index contributed by atoms with van der Waals surface area (Å²) in [4.78, 5) is 28.5. The zero-order chi connectivity index (χ0) is 16.8. The Bertz CT molecular complexity index is 668. The molecule has 0 aliphatic carbocycles. The lowest BCUT2D eigenvalue weighted by atomic mass is 10.0. The molecule has 23 heavy (non-hydrogen) atoms. The van der Waals surface area contributed by atoms with Gasteiger partial charge in [0, 0.05) is 12.7 Å². The van der Waals surface area contributed by atoms with Crippen LogP contribution in [0.3, 0.4) is 0 Å². The molecule has 2 N–H and O–H groups in total. The Kier molecular flexibility index (Phi) is 5.40. The van der Waals surface area contributed by atoms with Crippen LogP contribution in [0.5, 0.6) is 0 Å². The van der Waals surface area contributed by atoms with E-state index in [4.69, 9.17) is 0 Å². The second-order valence-corrected chi connectivity index (χ2v) is 5.37. The predicted molar refractivity (Wildman–Crippen MR) is 83.9 cm³/mol. The second-order valence-electron chi connectivity index (χ2n) is 5.37. The van der Waals surface area contributed by atoms with Crippen LogP contribution in [0.25, 0.3) is 5.69 Å². The average Bonchev–Trinajstić information content (AvgIpc) is 3.06. The van der Waals surface area contributed by atoms with Crippen LogP contribution >= 0.6 is 0 Å². The molecule has 0 unspecified atom stereocenters. The van der Waals surface area contributed by atoms with Crippen molar-refractivity contribution in [1.82, 2.24) is 30.6 Å². The molecule has 122 valence electrons. The third kappa shape index (κ3) is 4.12. The summed E-state index contributed by atoms with van der Waals surface area (Å²) in [7, 11) is 0. The summed E-state index contributed by atoms with van der Waals surface area (Å²) >= 11 is 0. The highest BCUT2D eigenvalue weighted by Crippen LogP contribution is 2.09. The number of pyridine rings is 1. The van der Waals surface area contributed by atoms with E-state index >= 15 is 0 Å². The van der Waals surface area contributed by atoms with E-state index in [2.05, 4.69) is 25.9 Å². The van der Waals surface area contributed by atoms with Crippen LogP contribution in [0.15, 0.2) is 30.9 Å². The largest absolute Gasteiger partial charge is 0.355 e. The van der Waals surface area contributed by atoms with Gasteiger partial charge in [0.25, 0.3) is 5.91 Å². The molecule has 0 radical (unpaired) electrons. The molecule has 2 amide bonds. The van der Waals surface area contributed by atoms with Crippen molar-refractivity contribution < 1.29 is 9.59 Å². The third-order valence-corrected chi connectivity index (χ3v) is 3.26. The first-order valence-corrected chi connectivity index (χ1v) is 7.43. The number of aromatic nitrogens is 4. The third-order valence-electron chi connectivity index (χ3n) is 3.26. The maximum Gasteiger partial charge on any atom is 0.253 e. The minimum Gasteiger partial charge on any atom is -0.355 e. The normalized spacial score (nSPS) is 12.0.